The number of para-hydroxylation sites is 1. The van der Waals surface area contributed by atoms with E-state index in [0.717, 1.165) is 16.8 Å². The summed E-state index contributed by atoms with van der Waals surface area (Å²) < 4.78 is 25.4. The number of hydrogen-bond acceptors (Lipinski definition) is 5. The molecule has 0 bridgehead atoms. The fraction of sp³-hybridized carbons (Fsp3) is 0.0556. The number of sulfonamides is 1. The predicted molar refractivity (Wildman–Crippen MR) is 107 cm³/mol. The molecular formula is C18H17N5O5S. The lowest BCUT2D eigenvalue weighted by atomic mass is 10.2. The molecule has 29 heavy (non-hydrogen) atoms. The van der Waals surface area contributed by atoms with E-state index in [1.807, 2.05) is 4.98 Å². The van der Waals surface area contributed by atoms with E-state index in [1.165, 1.54) is 6.07 Å². The van der Waals surface area contributed by atoms with Gasteiger partial charge in [-0.25, -0.2) is 23.0 Å². The molecule has 0 saturated carbocycles. The van der Waals surface area contributed by atoms with Gasteiger partial charge in [0.05, 0.1) is 5.69 Å². The van der Waals surface area contributed by atoms with E-state index in [2.05, 4.69) is 15.1 Å². The lowest BCUT2D eigenvalue weighted by Crippen LogP contribution is -2.49. The number of carbonyl (C=O) groups is 1. The van der Waals surface area contributed by atoms with Crippen molar-refractivity contribution < 1.29 is 13.2 Å². The highest BCUT2D eigenvalue weighted by atomic mass is 32.2. The molecule has 4 N–H and O–H groups in total. The zero-order valence-electron chi connectivity index (χ0n) is 15.2. The molecule has 3 rings (SSSR count). The molecule has 0 saturated heterocycles. The van der Waals surface area contributed by atoms with Gasteiger partial charge in [0, 0.05) is 11.9 Å². The van der Waals surface area contributed by atoms with E-state index in [1.54, 1.807) is 55.5 Å². The molecule has 3 aromatic rings. The number of rotatable bonds is 5. The Hall–Kier alpha value is -3.70. The number of aromatic amines is 2. The Balaban J connectivity index is 1.99. The molecule has 2 amide bonds. The number of nitrogens with one attached hydrogen (secondary N) is 4. The lowest BCUT2D eigenvalue weighted by Gasteiger charge is -2.23. The van der Waals surface area contributed by atoms with E-state index in [-0.39, 0.29) is 5.69 Å². The number of H-pyrrole nitrogens is 2. The summed E-state index contributed by atoms with van der Waals surface area (Å²) in [5, 5.41) is 3.34. The fourth-order valence-electron chi connectivity index (χ4n) is 2.45. The fourth-order valence-corrected chi connectivity index (χ4v) is 3.48. The quantitative estimate of drug-likeness (QED) is 0.464. The third-order valence-corrected chi connectivity index (χ3v) is 5.08. The van der Waals surface area contributed by atoms with Gasteiger partial charge in [0.25, 0.3) is 15.6 Å². The van der Waals surface area contributed by atoms with Gasteiger partial charge < -0.3 is 10.3 Å². The van der Waals surface area contributed by atoms with Crippen molar-refractivity contribution >= 4 is 27.4 Å². The van der Waals surface area contributed by atoms with Crippen molar-refractivity contribution in [2.45, 2.75) is 11.8 Å². The minimum Gasteiger partial charge on any atom is -0.313 e. The van der Waals surface area contributed by atoms with E-state index in [9.17, 15) is 22.8 Å². The van der Waals surface area contributed by atoms with Crippen molar-refractivity contribution in [1.29, 1.82) is 0 Å². The first kappa shape index (κ1) is 20.0. The van der Waals surface area contributed by atoms with Crippen molar-refractivity contribution in [3.63, 3.8) is 0 Å². The van der Waals surface area contributed by atoms with Crippen LogP contribution >= 0.6 is 0 Å². The number of urea groups is 1. The number of amides is 2. The van der Waals surface area contributed by atoms with Crippen LogP contribution in [0, 0.1) is 6.92 Å². The Kier molecular flexibility index (Phi) is 5.61. The van der Waals surface area contributed by atoms with Crippen molar-refractivity contribution in [2.75, 3.05) is 10.3 Å². The number of benzene rings is 2. The number of aryl methyl sites for hydroxylation is 1. The summed E-state index contributed by atoms with van der Waals surface area (Å²) in [6.07, 6.45) is 0.757. The second kappa shape index (κ2) is 8.12. The van der Waals surface area contributed by atoms with Crippen LogP contribution < -0.4 is 26.4 Å². The molecule has 0 unspecified atom stereocenters. The molecule has 0 aliphatic carbocycles. The summed E-state index contributed by atoms with van der Waals surface area (Å²) in [5.74, 6) is 0. The highest BCUT2D eigenvalue weighted by molar-refractivity contribution is 7.89. The first-order valence-electron chi connectivity index (χ1n) is 8.33. The molecular weight excluding hydrogens is 398 g/mol. The van der Waals surface area contributed by atoms with Crippen molar-refractivity contribution in [2.24, 2.45) is 0 Å². The highest BCUT2D eigenvalue weighted by Crippen LogP contribution is 2.17. The van der Waals surface area contributed by atoms with Crippen LogP contribution in [0.5, 0.6) is 0 Å². The molecule has 0 aliphatic rings. The molecule has 10 nitrogen and oxygen atoms in total. The molecule has 0 fully saturated rings. The van der Waals surface area contributed by atoms with Crippen LogP contribution in [0.25, 0.3) is 0 Å². The monoisotopic (exact) mass is 415 g/mol. The van der Waals surface area contributed by atoms with Crippen molar-refractivity contribution in [3.05, 3.63) is 87.2 Å². The Bertz CT molecular complexity index is 1250. The predicted octanol–water partition coefficient (Wildman–Crippen LogP) is 1.30. The molecule has 2 aromatic carbocycles. The Labute approximate surface area is 165 Å². The summed E-state index contributed by atoms with van der Waals surface area (Å²) in [6, 6.07) is 14.2. The largest absolute Gasteiger partial charge is 0.341 e. The second-order valence-corrected chi connectivity index (χ2v) is 7.63. The Morgan fingerprint density at radius 1 is 1.03 bits per heavy atom. The van der Waals surface area contributed by atoms with Gasteiger partial charge in [-0.15, -0.1) is 4.83 Å². The topological polar surface area (TPSA) is 144 Å². The van der Waals surface area contributed by atoms with Gasteiger partial charge >= 0.3 is 11.7 Å². The van der Waals surface area contributed by atoms with Crippen molar-refractivity contribution in [3.8, 4) is 0 Å². The van der Waals surface area contributed by atoms with E-state index < -0.39 is 32.2 Å². The average Bonchev–Trinajstić information content (AvgIpc) is 2.66. The van der Waals surface area contributed by atoms with Crippen LogP contribution in [0.2, 0.25) is 0 Å². The second-order valence-electron chi connectivity index (χ2n) is 6.00. The van der Waals surface area contributed by atoms with E-state index >= 15 is 0 Å². The van der Waals surface area contributed by atoms with Crippen molar-refractivity contribution in [1.82, 2.24) is 14.8 Å². The van der Waals surface area contributed by atoms with Gasteiger partial charge in [0.2, 0.25) is 0 Å². The number of nitrogens with zero attached hydrogens (tertiary/aromatic N) is 1. The van der Waals surface area contributed by atoms with Gasteiger partial charge in [-0.2, -0.15) is 0 Å². The smallest absolute Gasteiger partial charge is 0.313 e. The molecule has 150 valence electrons. The molecule has 1 heterocycles. The van der Waals surface area contributed by atoms with E-state index in [4.69, 9.17) is 0 Å². The maximum Gasteiger partial charge on any atom is 0.341 e. The maximum atomic E-state index is 12.8. The van der Waals surface area contributed by atoms with Crippen LogP contribution in [-0.2, 0) is 10.0 Å². The van der Waals surface area contributed by atoms with Gasteiger partial charge in [-0.1, -0.05) is 30.3 Å². The van der Waals surface area contributed by atoms with Gasteiger partial charge in [0.1, 0.15) is 0 Å². The summed E-state index contributed by atoms with van der Waals surface area (Å²) >= 11 is 0. The molecule has 0 spiro atoms. The molecule has 0 atom stereocenters. The molecule has 11 heteroatoms. The minimum atomic E-state index is -4.50. The molecule has 0 radical (unpaired) electrons. The van der Waals surface area contributed by atoms with Gasteiger partial charge in [-0.05, 0) is 36.8 Å². The van der Waals surface area contributed by atoms with Gasteiger partial charge in [0.15, 0.2) is 4.90 Å². The first-order valence-corrected chi connectivity index (χ1v) is 9.82. The van der Waals surface area contributed by atoms with Gasteiger partial charge in [-0.3, -0.25) is 9.78 Å². The SMILES string of the molecule is Cc1cccc(N(NS(=O)(=O)c2c[nH]c(=O)[nH]c2=O)C(=O)Nc2ccccc2)c1. The number of anilines is 2. The highest BCUT2D eigenvalue weighted by Gasteiger charge is 2.26. The summed E-state index contributed by atoms with van der Waals surface area (Å²) in [6.45, 7) is 1.78. The maximum absolute atomic E-state index is 12.8. The van der Waals surface area contributed by atoms with Crippen LogP contribution in [0.15, 0.2) is 75.3 Å². The number of carbonyl (C=O) groups excluding carboxylic acids is 1. The zero-order chi connectivity index (χ0) is 21.0. The molecule has 1 aromatic heterocycles. The van der Waals surface area contributed by atoms with Crippen LogP contribution in [-0.4, -0.2) is 24.4 Å². The number of aromatic nitrogens is 2. The third kappa shape index (κ3) is 4.78. The Morgan fingerprint density at radius 3 is 2.41 bits per heavy atom. The van der Waals surface area contributed by atoms with Crippen LogP contribution in [0.4, 0.5) is 16.2 Å². The third-order valence-electron chi connectivity index (χ3n) is 3.77. The zero-order valence-corrected chi connectivity index (χ0v) is 16.0. The summed E-state index contributed by atoms with van der Waals surface area (Å²) in [5.41, 5.74) is -0.527. The lowest BCUT2D eigenvalue weighted by molar-refractivity contribution is 0.256. The van der Waals surface area contributed by atoms with E-state index in [0.29, 0.717) is 5.69 Å². The molecule has 0 aliphatic heterocycles. The summed E-state index contributed by atoms with van der Waals surface area (Å²) in [4.78, 5) is 41.1. The minimum absolute atomic E-state index is 0.225. The standard InChI is InChI=1S/C18H17N5O5S/c1-12-6-5-9-14(10-12)23(18(26)20-13-7-3-2-4-8-13)22-29(27,28)15-11-19-17(25)21-16(15)24/h2-11,22H,1H3,(H,20,26)(H2,19,21,24,25). The van der Waals surface area contributed by atoms with Crippen LogP contribution in [0.1, 0.15) is 5.56 Å². The summed E-state index contributed by atoms with van der Waals surface area (Å²) in [7, 11) is -4.50. The number of hydrogen-bond donors (Lipinski definition) is 4. The first-order chi connectivity index (χ1) is 13.8. The average molecular weight is 415 g/mol. The number of hydrazine groups is 1. The Morgan fingerprint density at radius 2 is 1.76 bits per heavy atom. The normalized spacial score (nSPS) is 11.1. The van der Waals surface area contributed by atoms with Crippen LogP contribution in [0.3, 0.4) is 0 Å².